The summed E-state index contributed by atoms with van der Waals surface area (Å²) in [4.78, 5) is 0. The van der Waals surface area contributed by atoms with Crippen LogP contribution in [0.5, 0.6) is 5.75 Å². The molecule has 2 aromatic rings. The zero-order valence-electron chi connectivity index (χ0n) is 12.1. The summed E-state index contributed by atoms with van der Waals surface area (Å²) in [7, 11) is 0. The molecule has 110 valence electrons. The van der Waals surface area contributed by atoms with Crippen molar-refractivity contribution in [2.45, 2.75) is 32.3 Å². The van der Waals surface area contributed by atoms with Gasteiger partial charge in [-0.3, -0.25) is 0 Å². The number of aliphatic hydroxyl groups is 1. The Hall–Kier alpha value is -1.32. The van der Waals surface area contributed by atoms with Gasteiger partial charge in [0.15, 0.2) is 0 Å². The highest BCUT2D eigenvalue weighted by atomic mass is 79.9. The van der Waals surface area contributed by atoms with Gasteiger partial charge in [-0.25, -0.2) is 0 Å². The minimum absolute atomic E-state index is 0.497. The molecule has 1 aliphatic rings. The van der Waals surface area contributed by atoms with Crippen molar-refractivity contribution in [1.29, 1.82) is 0 Å². The highest BCUT2D eigenvalue weighted by molar-refractivity contribution is 9.10. The van der Waals surface area contributed by atoms with E-state index in [1.807, 2.05) is 18.2 Å². The minimum atomic E-state index is -0.497. The van der Waals surface area contributed by atoms with Crippen LogP contribution in [0.25, 0.3) is 0 Å². The highest BCUT2D eigenvalue weighted by Crippen LogP contribution is 2.35. The Balaban J connectivity index is 1.90. The van der Waals surface area contributed by atoms with Crippen LogP contribution in [0.15, 0.2) is 40.9 Å². The van der Waals surface area contributed by atoms with Crippen molar-refractivity contribution in [3.05, 3.63) is 63.1 Å². The van der Waals surface area contributed by atoms with E-state index in [0.717, 1.165) is 40.8 Å². The Morgan fingerprint density at radius 2 is 2.05 bits per heavy atom. The normalized spacial score (nSPS) is 14.6. The Labute approximate surface area is 133 Å². The lowest BCUT2D eigenvalue weighted by atomic mass is 9.94. The van der Waals surface area contributed by atoms with E-state index < -0.39 is 6.10 Å². The number of fused-ring (bicyclic) bond motifs is 1. The molecule has 0 aromatic heterocycles. The summed E-state index contributed by atoms with van der Waals surface area (Å²) in [5.74, 6) is 0.964. The van der Waals surface area contributed by atoms with E-state index in [1.165, 1.54) is 11.1 Å². The van der Waals surface area contributed by atoms with Crippen LogP contribution in [0.1, 0.15) is 35.3 Å². The van der Waals surface area contributed by atoms with Gasteiger partial charge < -0.3 is 9.84 Å². The number of halogens is 1. The van der Waals surface area contributed by atoms with Crippen molar-refractivity contribution in [2.24, 2.45) is 0 Å². The molecule has 1 heterocycles. The Bertz CT molecular complexity index is 652. The molecule has 2 aromatic carbocycles. The van der Waals surface area contributed by atoms with E-state index in [9.17, 15) is 5.11 Å². The van der Waals surface area contributed by atoms with Crippen molar-refractivity contribution >= 4 is 15.9 Å². The predicted molar refractivity (Wildman–Crippen MR) is 87.8 cm³/mol. The molecule has 0 bridgehead atoms. The number of ether oxygens (including phenoxy) is 1. The van der Waals surface area contributed by atoms with Gasteiger partial charge in [-0.15, -0.1) is 0 Å². The quantitative estimate of drug-likeness (QED) is 0.897. The van der Waals surface area contributed by atoms with Crippen LogP contribution in [0.2, 0.25) is 0 Å². The fourth-order valence-electron chi connectivity index (χ4n) is 3.00. The van der Waals surface area contributed by atoms with E-state index >= 15 is 0 Å². The molecule has 0 saturated carbocycles. The molecule has 0 fully saturated rings. The van der Waals surface area contributed by atoms with Gasteiger partial charge in [0.05, 0.1) is 12.7 Å². The maximum Gasteiger partial charge on any atom is 0.125 e. The number of aryl methyl sites for hydroxylation is 1. The maximum atomic E-state index is 10.6. The number of hydrogen-bond acceptors (Lipinski definition) is 2. The maximum absolute atomic E-state index is 10.6. The van der Waals surface area contributed by atoms with E-state index in [1.54, 1.807) is 0 Å². The smallest absolute Gasteiger partial charge is 0.125 e. The monoisotopic (exact) mass is 346 g/mol. The zero-order valence-corrected chi connectivity index (χ0v) is 13.7. The molecule has 0 saturated heterocycles. The van der Waals surface area contributed by atoms with Crippen LogP contribution < -0.4 is 4.74 Å². The fourth-order valence-corrected chi connectivity index (χ4v) is 3.55. The van der Waals surface area contributed by atoms with Gasteiger partial charge in [-0.1, -0.05) is 47.1 Å². The largest absolute Gasteiger partial charge is 0.493 e. The SMILES string of the molecule is CCc1ccccc1C(O)Cc1cc(Br)cc2c1OCC2. The molecule has 0 amide bonds. The van der Waals surface area contributed by atoms with Crippen molar-refractivity contribution in [1.82, 2.24) is 0 Å². The first-order valence-corrected chi connectivity index (χ1v) is 8.18. The van der Waals surface area contributed by atoms with E-state index in [-0.39, 0.29) is 0 Å². The molecular weight excluding hydrogens is 328 g/mol. The molecule has 1 unspecified atom stereocenters. The lowest BCUT2D eigenvalue weighted by molar-refractivity contribution is 0.176. The first kappa shape index (κ1) is 14.6. The minimum Gasteiger partial charge on any atom is -0.493 e. The summed E-state index contributed by atoms with van der Waals surface area (Å²) < 4.78 is 6.80. The molecule has 2 nitrogen and oxygen atoms in total. The molecule has 1 atom stereocenters. The molecule has 3 heteroatoms. The lowest BCUT2D eigenvalue weighted by Crippen LogP contribution is -2.06. The van der Waals surface area contributed by atoms with E-state index in [2.05, 4.69) is 41.1 Å². The number of benzene rings is 2. The van der Waals surface area contributed by atoms with Crippen LogP contribution in [-0.4, -0.2) is 11.7 Å². The van der Waals surface area contributed by atoms with Crippen LogP contribution in [0.3, 0.4) is 0 Å². The third-order valence-electron chi connectivity index (χ3n) is 4.03. The van der Waals surface area contributed by atoms with E-state index in [4.69, 9.17) is 4.74 Å². The van der Waals surface area contributed by atoms with Crippen LogP contribution in [0.4, 0.5) is 0 Å². The topological polar surface area (TPSA) is 29.5 Å². The van der Waals surface area contributed by atoms with Gasteiger partial charge in [-0.2, -0.15) is 0 Å². The van der Waals surface area contributed by atoms with E-state index in [0.29, 0.717) is 6.42 Å². The molecule has 0 radical (unpaired) electrons. The van der Waals surface area contributed by atoms with Crippen LogP contribution >= 0.6 is 15.9 Å². The average molecular weight is 347 g/mol. The fraction of sp³-hybridized carbons (Fsp3) is 0.333. The van der Waals surface area contributed by atoms with Gasteiger partial charge in [0.2, 0.25) is 0 Å². The molecule has 0 spiro atoms. The Morgan fingerprint density at radius 3 is 2.86 bits per heavy atom. The zero-order chi connectivity index (χ0) is 14.8. The summed E-state index contributed by atoms with van der Waals surface area (Å²) in [6, 6.07) is 12.3. The van der Waals surface area contributed by atoms with Crippen molar-refractivity contribution in [3.8, 4) is 5.75 Å². The highest BCUT2D eigenvalue weighted by Gasteiger charge is 2.20. The van der Waals surface area contributed by atoms with Crippen molar-refractivity contribution < 1.29 is 9.84 Å². The van der Waals surface area contributed by atoms with Gasteiger partial charge in [0.25, 0.3) is 0 Å². The first-order valence-electron chi connectivity index (χ1n) is 7.39. The lowest BCUT2D eigenvalue weighted by Gasteiger charge is -2.17. The molecule has 3 rings (SSSR count). The first-order chi connectivity index (χ1) is 10.2. The molecule has 21 heavy (non-hydrogen) atoms. The Morgan fingerprint density at radius 1 is 1.24 bits per heavy atom. The molecule has 1 N–H and O–H groups in total. The summed E-state index contributed by atoms with van der Waals surface area (Å²) in [5, 5.41) is 10.6. The number of hydrogen-bond donors (Lipinski definition) is 1. The summed E-state index contributed by atoms with van der Waals surface area (Å²) >= 11 is 3.55. The summed E-state index contributed by atoms with van der Waals surface area (Å²) in [5.41, 5.74) is 4.54. The van der Waals surface area contributed by atoms with Crippen molar-refractivity contribution in [3.63, 3.8) is 0 Å². The molecular formula is C18H19BrO2. The van der Waals surface area contributed by atoms with Crippen molar-refractivity contribution in [2.75, 3.05) is 6.61 Å². The molecule has 1 aliphatic heterocycles. The molecule has 0 aliphatic carbocycles. The van der Waals surface area contributed by atoms with Gasteiger partial charge in [0.1, 0.15) is 5.75 Å². The van der Waals surface area contributed by atoms with Gasteiger partial charge >= 0.3 is 0 Å². The number of rotatable bonds is 4. The second-order valence-electron chi connectivity index (χ2n) is 5.42. The van der Waals surface area contributed by atoms with Gasteiger partial charge in [0, 0.05) is 17.3 Å². The second kappa shape index (κ2) is 6.20. The van der Waals surface area contributed by atoms with Gasteiger partial charge in [-0.05, 0) is 40.8 Å². The summed E-state index contributed by atoms with van der Waals surface area (Å²) in [6.07, 6.45) is 1.96. The third kappa shape index (κ3) is 2.99. The van der Waals surface area contributed by atoms with Crippen LogP contribution in [0, 0.1) is 0 Å². The summed E-state index contributed by atoms with van der Waals surface area (Å²) in [6.45, 7) is 2.85. The predicted octanol–water partition coefficient (Wildman–Crippen LogP) is 4.22. The average Bonchev–Trinajstić information content (AvgIpc) is 2.95. The Kier molecular flexibility index (Phi) is 4.32. The standard InChI is InChI=1S/C18H19BrO2/c1-2-12-5-3-4-6-16(12)17(20)11-14-10-15(19)9-13-7-8-21-18(13)14/h3-6,9-10,17,20H,2,7-8,11H2,1H3. The second-order valence-corrected chi connectivity index (χ2v) is 6.34. The van der Waals surface area contributed by atoms with Crippen LogP contribution in [-0.2, 0) is 19.3 Å². The third-order valence-corrected chi connectivity index (χ3v) is 4.49. The number of aliphatic hydroxyl groups excluding tert-OH is 1.